The summed E-state index contributed by atoms with van der Waals surface area (Å²) in [7, 11) is 0. The normalized spacial score (nSPS) is 17.6. The summed E-state index contributed by atoms with van der Waals surface area (Å²) in [4.78, 5) is 40.1. The molecule has 29 heavy (non-hydrogen) atoms. The van der Waals surface area contributed by atoms with Crippen LogP contribution in [0.2, 0.25) is 0 Å². The van der Waals surface area contributed by atoms with Crippen molar-refractivity contribution in [1.29, 1.82) is 0 Å². The summed E-state index contributed by atoms with van der Waals surface area (Å²) in [5.41, 5.74) is 1.52. The summed E-state index contributed by atoms with van der Waals surface area (Å²) in [5, 5.41) is 5.85. The van der Waals surface area contributed by atoms with Gasteiger partial charge in [0.15, 0.2) is 0 Å². The molecule has 1 aromatic rings. The highest BCUT2D eigenvalue weighted by Gasteiger charge is 2.24. The molecular formula is C22H30N4O3. The molecule has 3 amide bonds. The number of rotatable bonds is 7. The Morgan fingerprint density at radius 2 is 1.72 bits per heavy atom. The number of benzene rings is 1. The van der Waals surface area contributed by atoms with Gasteiger partial charge in [-0.1, -0.05) is 12.1 Å². The van der Waals surface area contributed by atoms with Gasteiger partial charge in [0.1, 0.15) is 0 Å². The minimum Gasteiger partial charge on any atom is -0.353 e. The van der Waals surface area contributed by atoms with Gasteiger partial charge in [0, 0.05) is 49.9 Å². The van der Waals surface area contributed by atoms with Crippen molar-refractivity contribution in [3.8, 4) is 0 Å². The van der Waals surface area contributed by atoms with E-state index in [2.05, 4.69) is 15.5 Å². The largest absolute Gasteiger partial charge is 0.353 e. The Kier molecular flexibility index (Phi) is 7.04. The van der Waals surface area contributed by atoms with Gasteiger partial charge in [0.05, 0.1) is 6.54 Å². The highest BCUT2D eigenvalue weighted by molar-refractivity contribution is 5.95. The number of carbonyl (C=O) groups excluding carboxylic acids is 3. The van der Waals surface area contributed by atoms with Gasteiger partial charge in [-0.3, -0.25) is 19.3 Å². The molecular weight excluding hydrogens is 368 g/mol. The van der Waals surface area contributed by atoms with E-state index >= 15 is 0 Å². The van der Waals surface area contributed by atoms with E-state index in [0.29, 0.717) is 44.3 Å². The van der Waals surface area contributed by atoms with Gasteiger partial charge in [-0.15, -0.1) is 0 Å². The summed E-state index contributed by atoms with van der Waals surface area (Å²) in [6.07, 6.45) is 5.47. The SMILES string of the molecule is CC(C)NC(=O)CN1CCN(C(=O)/C=C/c2ccc(C(=O)NC3CC3)cc2)CC1. The first-order valence-corrected chi connectivity index (χ1v) is 10.3. The maximum Gasteiger partial charge on any atom is 0.251 e. The third-order valence-corrected chi connectivity index (χ3v) is 5.00. The fourth-order valence-electron chi connectivity index (χ4n) is 3.21. The zero-order valence-corrected chi connectivity index (χ0v) is 17.2. The highest BCUT2D eigenvalue weighted by atomic mass is 16.2. The molecule has 0 atom stereocenters. The molecule has 2 fully saturated rings. The summed E-state index contributed by atoms with van der Waals surface area (Å²) in [6.45, 7) is 6.86. The molecule has 3 rings (SSSR count). The van der Waals surface area contributed by atoms with Crippen molar-refractivity contribution in [3.63, 3.8) is 0 Å². The quantitative estimate of drug-likeness (QED) is 0.678. The Morgan fingerprint density at radius 3 is 2.31 bits per heavy atom. The monoisotopic (exact) mass is 398 g/mol. The summed E-state index contributed by atoms with van der Waals surface area (Å²) in [6, 6.07) is 7.72. The molecule has 1 aromatic carbocycles. The van der Waals surface area contributed by atoms with Crippen LogP contribution in [0, 0.1) is 0 Å². The van der Waals surface area contributed by atoms with Crippen LogP contribution in [-0.2, 0) is 9.59 Å². The molecule has 1 aliphatic carbocycles. The number of amides is 3. The zero-order chi connectivity index (χ0) is 20.8. The average molecular weight is 399 g/mol. The first-order valence-electron chi connectivity index (χ1n) is 10.3. The van der Waals surface area contributed by atoms with Crippen molar-refractivity contribution in [2.75, 3.05) is 32.7 Å². The predicted molar refractivity (Wildman–Crippen MR) is 112 cm³/mol. The first kappa shape index (κ1) is 21.0. The van der Waals surface area contributed by atoms with Crippen LogP contribution in [0.25, 0.3) is 6.08 Å². The Labute approximate surface area is 172 Å². The fourth-order valence-corrected chi connectivity index (χ4v) is 3.21. The van der Waals surface area contributed by atoms with Crippen molar-refractivity contribution >= 4 is 23.8 Å². The lowest BCUT2D eigenvalue weighted by Crippen LogP contribution is -2.51. The van der Waals surface area contributed by atoms with Crippen LogP contribution in [0.5, 0.6) is 0 Å². The van der Waals surface area contributed by atoms with Crippen LogP contribution < -0.4 is 10.6 Å². The molecule has 0 radical (unpaired) electrons. The standard InChI is InChI=1S/C22H30N4O3/c1-16(2)23-20(27)15-25-11-13-26(14-12-25)21(28)10-5-17-3-6-18(7-4-17)22(29)24-19-8-9-19/h3-7,10,16,19H,8-9,11-15H2,1-2H3,(H,23,27)(H,24,29)/b10-5+. The summed E-state index contributed by atoms with van der Waals surface area (Å²) < 4.78 is 0. The minimum absolute atomic E-state index is 0.0222. The maximum absolute atomic E-state index is 12.4. The molecule has 0 bridgehead atoms. The van der Waals surface area contributed by atoms with E-state index in [1.54, 1.807) is 29.2 Å². The van der Waals surface area contributed by atoms with E-state index in [4.69, 9.17) is 0 Å². The summed E-state index contributed by atoms with van der Waals surface area (Å²) in [5.74, 6) is -0.0557. The van der Waals surface area contributed by atoms with E-state index in [0.717, 1.165) is 18.4 Å². The average Bonchev–Trinajstić information content (AvgIpc) is 3.50. The number of hydrogen-bond acceptors (Lipinski definition) is 4. The van der Waals surface area contributed by atoms with Gasteiger partial charge >= 0.3 is 0 Å². The Balaban J connectivity index is 1.43. The van der Waals surface area contributed by atoms with E-state index < -0.39 is 0 Å². The number of carbonyl (C=O) groups is 3. The fraction of sp³-hybridized carbons (Fsp3) is 0.500. The Hall–Kier alpha value is -2.67. The second-order valence-corrected chi connectivity index (χ2v) is 8.03. The molecule has 1 saturated heterocycles. The molecule has 2 aliphatic rings. The van der Waals surface area contributed by atoms with Gasteiger partial charge < -0.3 is 15.5 Å². The van der Waals surface area contributed by atoms with Crippen LogP contribution >= 0.6 is 0 Å². The molecule has 1 heterocycles. The van der Waals surface area contributed by atoms with Crippen molar-refractivity contribution in [2.24, 2.45) is 0 Å². The van der Waals surface area contributed by atoms with Crippen LogP contribution in [-0.4, -0.2) is 72.3 Å². The second kappa shape index (κ2) is 9.69. The number of hydrogen-bond donors (Lipinski definition) is 2. The van der Waals surface area contributed by atoms with Crippen molar-refractivity contribution in [2.45, 2.75) is 38.8 Å². The second-order valence-electron chi connectivity index (χ2n) is 8.03. The first-order chi connectivity index (χ1) is 13.9. The summed E-state index contributed by atoms with van der Waals surface area (Å²) >= 11 is 0. The van der Waals surface area contributed by atoms with Crippen molar-refractivity contribution < 1.29 is 14.4 Å². The maximum atomic E-state index is 12.4. The van der Waals surface area contributed by atoms with Gasteiger partial charge in [-0.25, -0.2) is 0 Å². The van der Waals surface area contributed by atoms with Crippen LogP contribution in [0.15, 0.2) is 30.3 Å². The molecule has 0 spiro atoms. The van der Waals surface area contributed by atoms with E-state index in [1.165, 1.54) is 0 Å². The molecule has 7 heteroatoms. The zero-order valence-electron chi connectivity index (χ0n) is 17.2. The molecule has 0 aromatic heterocycles. The smallest absolute Gasteiger partial charge is 0.251 e. The van der Waals surface area contributed by atoms with Gasteiger partial charge in [-0.05, 0) is 50.5 Å². The molecule has 156 valence electrons. The highest BCUT2D eigenvalue weighted by Crippen LogP contribution is 2.19. The van der Waals surface area contributed by atoms with Gasteiger partial charge in [-0.2, -0.15) is 0 Å². The van der Waals surface area contributed by atoms with Gasteiger partial charge in [0.25, 0.3) is 5.91 Å². The van der Waals surface area contributed by atoms with Crippen LogP contribution in [0.3, 0.4) is 0 Å². The van der Waals surface area contributed by atoms with Crippen molar-refractivity contribution in [1.82, 2.24) is 20.4 Å². The molecule has 7 nitrogen and oxygen atoms in total. The van der Waals surface area contributed by atoms with E-state index in [-0.39, 0.29) is 23.8 Å². The molecule has 2 N–H and O–H groups in total. The lowest BCUT2D eigenvalue weighted by Gasteiger charge is -2.33. The van der Waals surface area contributed by atoms with E-state index in [9.17, 15) is 14.4 Å². The lowest BCUT2D eigenvalue weighted by molar-refractivity contribution is -0.128. The van der Waals surface area contributed by atoms with Gasteiger partial charge in [0.2, 0.25) is 11.8 Å². The number of nitrogens with one attached hydrogen (secondary N) is 2. The minimum atomic E-state index is -0.0425. The Morgan fingerprint density at radius 1 is 1.07 bits per heavy atom. The van der Waals surface area contributed by atoms with E-state index in [1.807, 2.05) is 26.0 Å². The lowest BCUT2D eigenvalue weighted by atomic mass is 10.1. The van der Waals surface area contributed by atoms with Crippen LogP contribution in [0.1, 0.15) is 42.6 Å². The predicted octanol–water partition coefficient (Wildman–Crippen LogP) is 1.26. The molecule has 1 aliphatic heterocycles. The number of piperazine rings is 1. The Bertz CT molecular complexity index is 761. The van der Waals surface area contributed by atoms with Crippen LogP contribution in [0.4, 0.5) is 0 Å². The molecule has 0 unspecified atom stereocenters. The molecule has 1 saturated carbocycles. The number of nitrogens with zero attached hydrogens (tertiary/aromatic N) is 2. The van der Waals surface area contributed by atoms with Crippen molar-refractivity contribution in [3.05, 3.63) is 41.5 Å². The third kappa shape index (κ3) is 6.71. The third-order valence-electron chi connectivity index (χ3n) is 5.00. The topological polar surface area (TPSA) is 81.8 Å².